The molecular formula is C9H17NO2. The lowest BCUT2D eigenvalue weighted by Crippen LogP contribution is -2.40. The minimum Gasteiger partial charge on any atom is -0.391 e. The van der Waals surface area contributed by atoms with Crippen LogP contribution in [0.3, 0.4) is 0 Å². The molecule has 3 nitrogen and oxygen atoms in total. The van der Waals surface area contributed by atoms with E-state index in [2.05, 4.69) is 5.32 Å². The number of rotatable bonds is 1. The zero-order chi connectivity index (χ0) is 8.39. The highest BCUT2D eigenvalue weighted by Crippen LogP contribution is 2.24. The largest absolute Gasteiger partial charge is 0.391 e. The molecule has 12 heavy (non-hydrogen) atoms. The molecule has 2 unspecified atom stereocenters. The standard InChI is InChI=1S/C9H17NO2/c11-8-1-4-10-9(8)7-2-5-12-6-3-7/h7-11H,1-6H2. The molecule has 2 fully saturated rings. The Morgan fingerprint density at radius 3 is 2.50 bits per heavy atom. The molecule has 0 amide bonds. The van der Waals surface area contributed by atoms with E-state index in [4.69, 9.17) is 4.74 Å². The normalized spacial score (nSPS) is 38.8. The third kappa shape index (κ3) is 1.63. The fourth-order valence-corrected chi connectivity index (χ4v) is 2.27. The first-order chi connectivity index (χ1) is 5.88. The molecule has 0 radical (unpaired) electrons. The summed E-state index contributed by atoms with van der Waals surface area (Å²) in [4.78, 5) is 0. The van der Waals surface area contributed by atoms with Crippen LogP contribution in [0, 0.1) is 5.92 Å². The first kappa shape index (κ1) is 8.48. The lowest BCUT2D eigenvalue weighted by Gasteiger charge is -2.29. The highest BCUT2D eigenvalue weighted by Gasteiger charge is 2.32. The van der Waals surface area contributed by atoms with Crippen molar-refractivity contribution in [3.8, 4) is 0 Å². The summed E-state index contributed by atoms with van der Waals surface area (Å²) < 4.78 is 5.29. The zero-order valence-corrected chi connectivity index (χ0v) is 7.33. The predicted octanol–water partition coefficient (Wildman–Crippen LogP) is 0.136. The van der Waals surface area contributed by atoms with Crippen LogP contribution in [0.15, 0.2) is 0 Å². The molecular weight excluding hydrogens is 154 g/mol. The number of hydrogen-bond donors (Lipinski definition) is 2. The van der Waals surface area contributed by atoms with Gasteiger partial charge in [-0.2, -0.15) is 0 Å². The van der Waals surface area contributed by atoms with Crippen molar-refractivity contribution < 1.29 is 9.84 Å². The molecule has 2 aliphatic heterocycles. The Labute approximate surface area is 73.1 Å². The molecule has 2 rings (SSSR count). The van der Waals surface area contributed by atoms with Crippen molar-refractivity contribution in [2.75, 3.05) is 19.8 Å². The van der Waals surface area contributed by atoms with Gasteiger partial charge in [0.1, 0.15) is 0 Å². The maximum Gasteiger partial charge on any atom is 0.0708 e. The fraction of sp³-hybridized carbons (Fsp3) is 1.00. The Balaban J connectivity index is 1.89. The predicted molar refractivity (Wildman–Crippen MR) is 46.0 cm³/mol. The number of aliphatic hydroxyl groups excluding tert-OH is 1. The molecule has 2 N–H and O–H groups in total. The van der Waals surface area contributed by atoms with E-state index >= 15 is 0 Å². The van der Waals surface area contributed by atoms with Gasteiger partial charge < -0.3 is 15.2 Å². The van der Waals surface area contributed by atoms with Gasteiger partial charge in [0.2, 0.25) is 0 Å². The summed E-state index contributed by atoms with van der Waals surface area (Å²) in [6, 6.07) is 0.342. The summed E-state index contributed by atoms with van der Waals surface area (Å²) in [6.07, 6.45) is 3.01. The summed E-state index contributed by atoms with van der Waals surface area (Å²) >= 11 is 0. The van der Waals surface area contributed by atoms with Gasteiger partial charge in [-0.1, -0.05) is 0 Å². The van der Waals surface area contributed by atoms with Gasteiger partial charge in [0, 0.05) is 19.3 Å². The lowest BCUT2D eigenvalue weighted by molar-refractivity contribution is 0.0343. The lowest BCUT2D eigenvalue weighted by atomic mass is 9.89. The van der Waals surface area contributed by atoms with Crippen LogP contribution in [-0.2, 0) is 4.74 Å². The second-order valence-electron chi connectivity index (χ2n) is 3.79. The van der Waals surface area contributed by atoms with Gasteiger partial charge in [0.05, 0.1) is 6.10 Å². The monoisotopic (exact) mass is 171 g/mol. The highest BCUT2D eigenvalue weighted by molar-refractivity contribution is 4.89. The molecule has 0 aromatic rings. The number of nitrogens with one attached hydrogen (secondary N) is 1. The van der Waals surface area contributed by atoms with Crippen LogP contribution in [0.1, 0.15) is 19.3 Å². The van der Waals surface area contributed by atoms with E-state index in [0.717, 1.165) is 39.0 Å². The molecule has 0 aromatic carbocycles. The average Bonchev–Trinajstić information content (AvgIpc) is 2.53. The van der Waals surface area contributed by atoms with Crippen molar-refractivity contribution in [3.05, 3.63) is 0 Å². The summed E-state index contributed by atoms with van der Waals surface area (Å²) in [7, 11) is 0. The molecule has 2 atom stereocenters. The van der Waals surface area contributed by atoms with Crippen molar-refractivity contribution in [1.82, 2.24) is 5.32 Å². The summed E-state index contributed by atoms with van der Waals surface area (Å²) in [5.74, 6) is 0.635. The van der Waals surface area contributed by atoms with E-state index in [1.54, 1.807) is 0 Å². The van der Waals surface area contributed by atoms with Crippen LogP contribution in [-0.4, -0.2) is 37.0 Å². The SMILES string of the molecule is OC1CCNC1C1CCOCC1. The van der Waals surface area contributed by atoms with Gasteiger partial charge in [-0.05, 0) is 31.7 Å². The summed E-state index contributed by atoms with van der Waals surface area (Å²) in [5, 5.41) is 13.0. The molecule has 0 aromatic heterocycles. The van der Waals surface area contributed by atoms with Gasteiger partial charge in [-0.25, -0.2) is 0 Å². The molecule has 0 saturated carbocycles. The minimum atomic E-state index is -0.118. The Kier molecular flexibility index (Phi) is 2.63. The number of aliphatic hydroxyl groups is 1. The fourth-order valence-electron chi connectivity index (χ4n) is 2.27. The minimum absolute atomic E-state index is 0.118. The van der Waals surface area contributed by atoms with Crippen LogP contribution in [0.25, 0.3) is 0 Å². The quantitative estimate of drug-likeness (QED) is 0.589. The van der Waals surface area contributed by atoms with Crippen LogP contribution in [0.2, 0.25) is 0 Å². The van der Waals surface area contributed by atoms with Crippen molar-refractivity contribution in [3.63, 3.8) is 0 Å². The maximum absolute atomic E-state index is 9.64. The summed E-state index contributed by atoms with van der Waals surface area (Å²) in [6.45, 7) is 2.72. The van der Waals surface area contributed by atoms with E-state index in [1.807, 2.05) is 0 Å². The molecule has 2 heterocycles. The van der Waals surface area contributed by atoms with Gasteiger partial charge >= 0.3 is 0 Å². The highest BCUT2D eigenvalue weighted by atomic mass is 16.5. The Bertz CT molecular complexity index is 145. The smallest absolute Gasteiger partial charge is 0.0708 e. The van der Waals surface area contributed by atoms with Gasteiger partial charge in [-0.3, -0.25) is 0 Å². The third-order valence-electron chi connectivity index (χ3n) is 3.01. The molecule has 0 aliphatic carbocycles. The second-order valence-corrected chi connectivity index (χ2v) is 3.79. The van der Waals surface area contributed by atoms with Crippen LogP contribution >= 0.6 is 0 Å². The zero-order valence-electron chi connectivity index (χ0n) is 7.33. The van der Waals surface area contributed by atoms with Crippen molar-refractivity contribution in [1.29, 1.82) is 0 Å². The first-order valence-electron chi connectivity index (χ1n) is 4.87. The van der Waals surface area contributed by atoms with Crippen LogP contribution < -0.4 is 5.32 Å². The van der Waals surface area contributed by atoms with Gasteiger partial charge in [0.25, 0.3) is 0 Å². The van der Waals surface area contributed by atoms with E-state index in [-0.39, 0.29) is 6.10 Å². The third-order valence-corrected chi connectivity index (χ3v) is 3.01. The van der Waals surface area contributed by atoms with Crippen LogP contribution in [0.4, 0.5) is 0 Å². The Morgan fingerprint density at radius 2 is 1.92 bits per heavy atom. The molecule has 0 spiro atoms. The van der Waals surface area contributed by atoms with E-state index < -0.39 is 0 Å². The number of hydrogen-bond acceptors (Lipinski definition) is 3. The van der Waals surface area contributed by atoms with Crippen molar-refractivity contribution >= 4 is 0 Å². The maximum atomic E-state index is 9.64. The van der Waals surface area contributed by atoms with Crippen molar-refractivity contribution in [2.24, 2.45) is 5.92 Å². The summed E-state index contributed by atoms with van der Waals surface area (Å²) in [5.41, 5.74) is 0. The van der Waals surface area contributed by atoms with E-state index in [9.17, 15) is 5.11 Å². The van der Waals surface area contributed by atoms with Gasteiger partial charge in [-0.15, -0.1) is 0 Å². The second kappa shape index (κ2) is 3.73. The van der Waals surface area contributed by atoms with E-state index in [1.165, 1.54) is 0 Å². The molecule has 0 bridgehead atoms. The Hall–Kier alpha value is -0.120. The van der Waals surface area contributed by atoms with Crippen molar-refractivity contribution in [2.45, 2.75) is 31.4 Å². The van der Waals surface area contributed by atoms with E-state index in [0.29, 0.717) is 12.0 Å². The molecule has 2 aliphatic rings. The topological polar surface area (TPSA) is 41.5 Å². The average molecular weight is 171 g/mol. The van der Waals surface area contributed by atoms with Crippen LogP contribution in [0.5, 0.6) is 0 Å². The molecule has 70 valence electrons. The molecule has 2 saturated heterocycles. The first-order valence-corrected chi connectivity index (χ1v) is 4.87. The Morgan fingerprint density at radius 1 is 1.17 bits per heavy atom. The number of ether oxygens (including phenoxy) is 1. The van der Waals surface area contributed by atoms with Gasteiger partial charge in [0.15, 0.2) is 0 Å². The molecule has 3 heteroatoms.